The van der Waals surface area contributed by atoms with Gasteiger partial charge in [-0.1, -0.05) is 30.3 Å². The summed E-state index contributed by atoms with van der Waals surface area (Å²) in [4.78, 5) is 25.8. The van der Waals surface area contributed by atoms with Crippen molar-refractivity contribution in [3.63, 3.8) is 0 Å². The maximum Gasteiger partial charge on any atom is 0.355 e. The number of nitrogens with zero attached hydrogens (tertiary/aromatic N) is 1. The lowest BCUT2D eigenvalue weighted by atomic mass is 9.94. The monoisotopic (exact) mass is 433 g/mol. The van der Waals surface area contributed by atoms with Crippen LogP contribution in [-0.4, -0.2) is 70.0 Å². The molecule has 0 amide bonds. The first-order valence-corrected chi connectivity index (χ1v) is 10.1. The van der Waals surface area contributed by atoms with Gasteiger partial charge in [0.15, 0.2) is 0 Å². The molecule has 9 nitrogen and oxygen atoms in total. The molecule has 31 heavy (non-hydrogen) atoms. The number of hydrogen-bond acceptors (Lipinski definition) is 8. The van der Waals surface area contributed by atoms with Crippen LogP contribution in [0.15, 0.2) is 30.3 Å². The second kappa shape index (κ2) is 9.61. The SMILES string of the molecule is CCOC(=O)c1c([C@@H]2O[C@H](CO)[C@@H](O)[C@H]2O)c(-c2ccccc2)n(C)c1C(=O)OCC. The average Bonchev–Trinajstić information content (AvgIpc) is 3.22. The number of esters is 2. The molecular weight excluding hydrogens is 406 g/mol. The van der Waals surface area contributed by atoms with Gasteiger partial charge in [-0.3, -0.25) is 0 Å². The van der Waals surface area contributed by atoms with Crippen LogP contribution in [0.3, 0.4) is 0 Å². The van der Waals surface area contributed by atoms with Crippen molar-refractivity contribution < 1.29 is 39.1 Å². The third kappa shape index (κ3) is 4.09. The molecule has 1 aliphatic heterocycles. The zero-order valence-electron chi connectivity index (χ0n) is 17.6. The zero-order chi connectivity index (χ0) is 22.7. The Bertz CT molecular complexity index is 939. The van der Waals surface area contributed by atoms with Crippen molar-refractivity contribution in [3.05, 3.63) is 47.2 Å². The summed E-state index contributed by atoms with van der Waals surface area (Å²) < 4.78 is 17.6. The van der Waals surface area contributed by atoms with Gasteiger partial charge in [-0.2, -0.15) is 0 Å². The molecule has 2 heterocycles. The minimum atomic E-state index is -1.44. The Labute approximate surface area is 179 Å². The van der Waals surface area contributed by atoms with Crippen LogP contribution in [0.4, 0.5) is 0 Å². The van der Waals surface area contributed by atoms with Crippen molar-refractivity contribution in [2.75, 3.05) is 19.8 Å². The van der Waals surface area contributed by atoms with Crippen LogP contribution in [0.2, 0.25) is 0 Å². The van der Waals surface area contributed by atoms with E-state index in [-0.39, 0.29) is 30.0 Å². The number of carbonyl (C=O) groups excluding carboxylic acids is 2. The fraction of sp³-hybridized carbons (Fsp3) is 0.455. The molecule has 0 radical (unpaired) electrons. The summed E-state index contributed by atoms with van der Waals surface area (Å²) in [6.45, 7) is 2.91. The minimum Gasteiger partial charge on any atom is -0.462 e. The van der Waals surface area contributed by atoms with Crippen molar-refractivity contribution >= 4 is 11.9 Å². The Balaban J connectivity index is 2.33. The van der Waals surface area contributed by atoms with E-state index in [1.807, 2.05) is 6.07 Å². The molecule has 0 bridgehead atoms. The lowest BCUT2D eigenvalue weighted by Gasteiger charge is -2.18. The Kier molecular flexibility index (Phi) is 7.11. The zero-order valence-corrected chi connectivity index (χ0v) is 17.6. The molecule has 1 aromatic heterocycles. The summed E-state index contributed by atoms with van der Waals surface area (Å²) in [7, 11) is 1.60. The number of ether oxygens (including phenoxy) is 3. The highest BCUT2D eigenvalue weighted by atomic mass is 16.6. The average molecular weight is 433 g/mol. The van der Waals surface area contributed by atoms with E-state index in [2.05, 4.69) is 0 Å². The highest BCUT2D eigenvalue weighted by Crippen LogP contribution is 2.43. The predicted octanol–water partition coefficient (Wildman–Crippen LogP) is 1.20. The van der Waals surface area contributed by atoms with Gasteiger partial charge in [0, 0.05) is 12.6 Å². The van der Waals surface area contributed by atoms with Crippen molar-refractivity contribution in [3.8, 4) is 11.3 Å². The smallest absolute Gasteiger partial charge is 0.355 e. The number of benzene rings is 1. The van der Waals surface area contributed by atoms with Crippen LogP contribution < -0.4 is 0 Å². The number of aliphatic hydroxyl groups is 3. The summed E-state index contributed by atoms with van der Waals surface area (Å²) in [6, 6.07) is 8.96. The van der Waals surface area contributed by atoms with E-state index >= 15 is 0 Å². The molecule has 9 heteroatoms. The van der Waals surface area contributed by atoms with E-state index in [0.717, 1.165) is 0 Å². The van der Waals surface area contributed by atoms with Gasteiger partial charge >= 0.3 is 11.9 Å². The molecule has 0 saturated carbocycles. The van der Waals surface area contributed by atoms with Crippen LogP contribution in [0.1, 0.15) is 46.4 Å². The first-order chi connectivity index (χ1) is 14.9. The quantitative estimate of drug-likeness (QED) is 0.556. The largest absolute Gasteiger partial charge is 0.462 e. The minimum absolute atomic E-state index is 0.0492. The Morgan fingerprint density at radius 3 is 2.19 bits per heavy atom. The maximum atomic E-state index is 13.0. The first-order valence-electron chi connectivity index (χ1n) is 10.1. The summed E-state index contributed by atoms with van der Waals surface area (Å²) >= 11 is 0. The summed E-state index contributed by atoms with van der Waals surface area (Å²) in [5.41, 5.74) is 1.13. The molecule has 0 spiro atoms. The molecule has 4 atom stereocenters. The molecule has 1 fully saturated rings. The summed E-state index contributed by atoms with van der Waals surface area (Å²) in [5.74, 6) is -1.51. The van der Waals surface area contributed by atoms with Crippen LogP contribution in [0, 0.1) is 0 Å². The van der Waals surface area contributed by atoms with Crippen LogP contribution in [0.5, 0.6) is 0 Å². The van der Waals surface area contributed by atoms with Crippen molar-refractivity contribution in [1.29, 1.82) is 0 Å². The molecule has 1 aromatic carbocycles. The van der Waals surface area contributed by atoms with E-state index in [1.54, 1.807) is 45.2 Å². The standard InChI is InChI=1S/C22H27NO8/c1-4-29-21(27)15-14(20-19(26)18(25)13(11-24)31-20)16(12-9-7-6-8-10-12)23(3)17(15)22(28)30-5-2/h6-10,13,18-20,24-26H,4-5,11H2,1-3H3/t13-,18-,19-,20+/m1/s1. The maximum absolute atomic E-state index is 13.0. The highest BCUT2D eigenvalue weighted by molar-refractivity contribution is 6.05. The normalized spacial score (nSPS) is 23.0. The van der Waals surface area contributed by atoms with Gasteiger partial charge in [-0.05, 0) is 19.4 Å². The van der Waals surface area contributed by atoms with Gasteiger partial charge in [0.1, 0.15) is 30.1 Å². The second-order valence-electron chi connectivity index (χ2n) is 7.11. The molecule has 1 saturated heterocycles. The molecule has 0 aliphatic carbocycles. The van der Waals surface area contributed by atoms with E-state index in [4.69, 9.17) is 14.2 Å². The van der Waals surface area contributed by atoms with Crippen molar-refractivity contribution in [2.45, 2.75) is 38.3 Å². The second-order valence-corrected chi connectivity index (χ2v) is 7.11. The first kappa shape index (κ1) is 23.0. The van der Waals surface area contributed by atoms with E-state index < -0.39 is 43.0 Å². The summed E-state index contributed by atoms with van der Waals surface area (Å²) in [6.07, 6.45) is -5.05. The topological polar surface area (TPSA) is 127 Å². The van der Waals surface area contributed by atoms with Gasteiger partial charge in [0.05, 0.1) is 31.1 Å². The Morgan fingerprint density at radius 2 is 1.65 bits per heavy atom. The number of rotatable bonds is 7. The number of carbonyl (C=O) groups is 2. The van der Waals surface area contributed by atoms with Crippen LogP contribution in [0.25, 0.3) is 11.3 Å². The predicted molar refractivity (Wildman–Crippen MR) is 109 cm³/mol. The van der Waals surface area contributed by atoms with Gasteiger partial charge in [0.2, 0.25) is 0 Å². The molecule has 2 aromatic rings. The fourth-order valence-electron chi connectivity index (χ4n) is 3.91. The highest BCUT2D eigenvalue weighted by Gasteiger charge is 2.47. The van der Waals surface area contributed by atoms with Crippen LogP contribution in [-0.2, 0) is 21.3 Å². The lowest BCUT2D eigenvalue weighted by Crippen LogP contribution is -2.32. The van der Waals surface area contributed by atoms with Gasteiger partial charge < -0.3 is 34.1 Å². The Hall–Kier alpha value is -2.72. The molecule has 3 N–H and O–H groups in total. The van der Waals surface area contributed by atoms with Crippen molar-refractivity contribution in [1.82, 2.24) is 4.57 Å². The number of aliphatic hydroxyl groups excluding tert-OH is 3. The lowest BCUT2D eigenvalue weighted by molar-refractivity contribution is -0.0229. The molecular formula is C22H27NO8. The van der Waals surface area contributed by atoms with E-state index in [9.17, 15) is 24.9 Å². The molecule has 0 unspecified atom stereocenters. The molecule has 168 valence electrons. The van der Waals surface area contributed by atoms with Gasteiger partial charge in [-0.15, -0.1) is 0 Å². The third-order valence-corrected chi connectivity index (χ3v) is 5.25. The molecule has 3 rings (SSSR count). The third-order valence-electron chi connectivity index (χ3n) is 5.25. The van der Waals surface area contributed by atoms with Gasteiger partial charge in [0.25, 0.3) is 0 Å². The summed E-state index contributed by atoms with van der Waals surface area (Å²) in [5, 5.41) is 30.5. The number of hydrogen-bond donors (Lipinski definition) is 3. The van der Waals surface area contributed by atoms with Gasteiger partial charge in [-0.25, -0.2) is 9.59 Å². The van der Waals surface area contributed by atoms with Crippen LogP contribution >= 0.6 is 0 Å². The fourth-order valence-corrected chi connectivity index (χ4v) is 3.91. The number of aromatic nitrogens is 1. The van der Waals surface area contributed by atoms with E-state index in [1.165, 1.54) is 4.57 Å². The van der Waals surface area contributed by atoms with Crippen molar-refractivity contribution in [2.24, 2.45) is 7.05 Å². The van der Waals surface area contributed by atoms with E-state index in [0.29, 0.717) is 11.3 Å². The Morgan fingerprint density at radius 1 is 1.03 bits per heavy atom. The molecule has 1 aliphatic rings.